The molecular weight excluding hydrogens is 350 g/mol. The second-order valence-corrected chi connectivity index (χ2v) is 7.22. The van der Waals surface area contributed by atoms with Crippen LogP contribution in [-0.2, 0) is 11.8 Å². The Bertz CT molecular complexity index is 1020. The van der Waals surface area contributed by atoms with Gasteiger partial charge in [-0.3, -0.25) is 0 Å². The lowest BCUT2D eigenvalue weighted by atomic mass is 9.89. The van der Waals surface area contributed by atoms with Crippen molar-refractivity contribution in [1.82, 2.24) is 4.98 Å². The molecule has 1 aliphatic carbocycles. The summed E-state index contributed by atoms with van der Waals surface area (Å²) >= 11 is 6.00. The van der Waals surface area contributed by atoms with Crippen molar-refractivity contribution >= 4 is 28.5 Å². The molecule has 2 aromatic carbocycles. The highest BCUT2D eigenvalue weighted by Crippen LogP contribution is 2.56. The van der Waals surface area contributed by atoms with E-state index in [2.05, 4.69) is 0 Å². The molecule has 0 aliphatic heterocycles. The maximum Gasteiger partial charge on any atom is 0.340 e. The topological polar surface area (TPSA) is 70.4 Å². The average molecular weight is 368 g/mol. The highest BCUT2D eigenvalue weighted by Gasteiger charge is 2.49. The minimum atomic E-state index is -1.15. The Kier molecular flexibility index (Phi) is 3.88. The Balaban J connectivity index is 1.99. The van der Waals surface area contributed by atoms with Gasteiger partial charge in [0.2, 0.25) is 0 Å². The van der Waals surface area contributed by atoms with E-state index in [1.165, 1.54) is 0 Å². The molecule has 4 nitrogen and oxygen atoms in total. The maximum absolute atomic E-state index is 11.9. The van der Waals surface area contributed by atoms with Crippen LogP contribution in [0, 0.1) is 0 Å². The number of hydrogen-bond acceptors (Lipinski definition) is 3. The lowest BCUT2D eigenvalue weighted by Gasteiger charge is -2.19. The maximum atomic E-state index is 11.9. The Labute approximate surface area is 156 Å². The summed E-state index contributed by atoms with van der Waals surface area (Å²) in [5.41, 5.74) is 2.59. The van der Waals surface area contributed by atoms with Gasteiger partial charge in [-0.2, -0.15) is 0 Å². The average Bonchev–Trinajstić information content (AvgIpc) is 3.42. The number of aromatic nitrogens is 1. The third-order valence-corrected chi connectivity index (χ3v) is 5.50. The van der Waals surface area contributed by atoms with E-state index < -0.39 is 11.4 Å². The number of nitrogens with zero attached hydrogens (tertiary/aromatic N) is 1. The van der Waals surface area contributed by atoms with Crippen molar-refractivity contribution in [3.05, 3.63) is 69.9 Å². The van der Waals surface area contributed by atoms with Crippen molar-refractivity contribution in [3.63, 3.8) is 0 Å². The minimum absolute atomic E-state index is 0.0760. The summed E-state index contributed by atoms with van der Waals surface area (Å²) < 4.78 is 0. The number of aryl methyl sites for hydroxylation is 1. The normalized spacial score (nSPS) is 15.2. The SMILES string of the molecule is CCc1ccc2c(C(=O)O)c(O)c(C3(c4ccc(Cl)cc4)CC3)nc2c1. The summed E-state index contributed by atoms with van der Waals surface area (Å²) in [4.78, 5) is 16.6. The van der Waals surface area contributed by atoms with Gasteiger partial charge in [-0.05, 0) is 48.6 Å². The molecule has 0 spiro atoms. The Morgan fingerprint density at radius 1 is 1.19 bits per heavy atom. The van der Waals surface area contributed by atoms with Crippen molar-refractivity contribution in [2.24, 2.45) is 0 Å². The molecule has 4 rings (SSSR count). The van der Waals surface area contributed by atoms with Gasteiger partial charge in [0, 0.05) is 15.8 Å². The summed E-state index contributed by atoms with van der Waals surface area (Å²) in [5.74, 6) is -1.38. The summed E-state index contributed by atoms with van der Waals surface area (Å²) in [6.45, 7) is 2.04. The second kappa shape index (κ2) is 5.99. The standard InChI is InChI=1S/C21H18ClNO3/c1-2-12-3-8-15-16(11-12)23-19(18(24)17(15)20(25)26)21(9-10-21)13-4-6-14(22)7-5-13/h3-8,11,24H,2,9-10H2,1H3,(H,25,26). The molecular formula is C21H18ClNO3. The van der Waals surface area contributed by atoms with Crippen LogP contribution in [0.3, 0.4) is 0 Å². The van der Waals surface area contributed by atoms with E-state index in [-0.39, 0.29) is 11.3 Å². The molecule has 1 heterocycles. The molecule has 3 aromatic rings. The summed E-state index contributed by atoms with van der Waals surface area (Å²) in [7, 11) is 0. The van der Waals surface area contributed by atoms with Crippen LogP contribution < -0.4 is 0 Å². The first kappa shape index (κ1) is 16.9. The number of halogens is 1. The smallest absolute Gasteiger partial charge is 0.340 e. The summed E-state index contributed by atoms with van der Waals surface area (Å²) in [6.07, 6.45) is 2.46. The van der Waals surface area contributed by atoms with E-state index in [0.29, 0.717) is 21.6 Å². The number of aromatic carboxylic acids is 1. The zero-order chi connectivity index (χ0) is 18.5. The molecule has 0 saturated heterocycles. The third-order valence-electron chi connectivity index (χ3n) is 5.25. The molecule has 0 bridgehead atoms. The molecule has 1 aromatic heterocycles. The van der Waals surface area contributed by atoms with E-state index in [4.69, 9.17) is 16.6 Å². The van der Waals surface area contributed by atoms with Crippen LogP contribution in [0.1, 0.15) is 46.9 Å². The number of carbonyl (C=O) groups is 1. The van der Waals surface area contributed by atoms with Crippen molar-refractivity contribution in [2.45, 2.75) is 31.6 Å². The van der Waals surface area contributed by atoms with E-state index in [1.54, 1.807) is 6.07 Å². The fourth-order valence-electron chi connectivity index (χ4n) is 3.63. The lowest BCUT2D eigenvalue weighted by Crippen LogP contribution is -2.14. The first-order valence-electron chi connectivity index (χ1n) is 8.61. The molecule has 0 atom stereocenters. The molecule has 0 unspecified atom stereocenters. The van der Waals surface area contributed by atoms with Crippen LogP contribution in [0.2, 0.25) is 5.02 Å². The zero-order valence-electron chi connectivity index (χ0n) is 14.3. The van der Waals surface area contributed by atoms with Crippen molar-refractivity contribution < 1.29 is 15.0 Å². The first-order chi connectivity index (χ1) is 12.5. The van der Waals surface area contributed by atoms with Crippen molar-refractivity contribution in [3.8, 4) is 5.75 Å². The molecule has 0 amide bonds. The van der Waals surface area contributed by atoms with E-state index in [9.17, 15) is 15.0 Å². The first-order valence-corrected chi connectivity index (χ1v) is 8.99. The predicted molar refractivity (Wildman–Crippen MR) is 101 cm³/mol. The van der Waals surface area contributed by atoms with Gasteiger partial charge in [0.15, 0.2) is 5.75 Å². The summed E-state index contributed by atoms with van der Waals surface area (Å²) in [6, 6.07) is 13.0. The van der Waals surface area contributed by atoms with Crippen LogP contribution in [0.25, 0.3) is 10.9 Å². The molecule has 132 valence electrons. The Morgan fingerprint density at radius 2 is 1.88 bits per heavy atom. The second-order valence-electron chi connectivity index (χ2n) is 6.78. The minimum Gasteiger partial charge on any atom is -0.505 e. The van der Waals surface area contributed by atoms with Crippen LogP contribution in [0.5, 0.6) is 5.75 Å². The highest BCUT2D eigenvalue weighted by molar-refractivity contribution is 6.30. The number of fused-ring (bicyclic) bond motifs is 1. The Hall–Kier alpha value is -2.59. The molecule has 5 heteroatoms. The van der Waals surface area contributed by atoms with Crippen molar-refractivity contribution in [1.29, 1.82) is 0 Å². The fourth-order valence-corrected chi connectivity index (χ4v) is 3.75. The van der Waals surface area contributed by atoms with E-state index in [1.807, 2.05) is 43.3 Å². The molecule has 1 aliphatic rings. The van der Waals surface area contributed by atoms with Crippen LogP contribution in [-0.4, -0.2) is 21.2 Å². The van der Waals surface area contributed by atoms with Gasteiger partial charge >= 0.3 is 5.97 Å². The fraction of sp³-hybridized carbons (Fsp3) is 0.238. The number of carboxylic acids is 1. The number of rotatable bonds is 4. The number of benzene rings is 2. The van der Waals surface area contributed by atoms with Gasteiger partial charge in [-0.1, -0.05) is 42.8 Å². The molecule has 1 saturated carbocycles. The van der Waals surface area contributed by atoms with Gasteiger partial charge in [0.1, 0.15) is 5.56 Å². The largest absolute Gasteiger partial charge is 0.505 e. The highest BCUT2D eigenvalue weighted by atomic mass is 35.5. The van der Waals surface area contributed by atoms with Crippen LogP contribution >= 0.6 is 11.6 Å². The quantitative estimate of drug-likeness (QED) is 0.685. The lowest BCUT2D eigenvalue weighted by molar-refractivity contribution is 0.0695. The third kappa shape index (κ3) is 2.53. The number of aromatic hydroxyl groups is 1. The Morgan fingerprint density at radius 3 is 2.46 bits per heavy atom. The van der Waals surface area contributed by atoms with Gasteiger partial charge in [0.25, 0.3) is 0 Å². The molecule has 2 N–H and O–H groups in total. The van der Waals surface area contributed by atoms with Gasteiger partial charge < -0.3 is 10.2 Å². The molecule has 0 radical (unpaired) electrons. The van der Waals surface area contributed by atoms with Gasteiger partial charge in [0.05, 0.1) is 11.2 Å². The van der Waals surface area contributed by atoms with Crippen molar-refractivity contribution in [2.75, 3.05) is 0 Å². The summed E-state index contributed by atoms with van der Waals surface area (Å²) in [5, 5.41) is 21.6. The van der Waals surface area contributed by atoms with Gasteiger partial charge in [-0.15, -0.1) is 0 Å². The molecule has 26 heavy (non-hydrogen) atoms. The monoisotopic (exact) mass is 367 g/mol. The number of pyridine rings is 1. The zero-order valence-corrected chi connectivity index (χ0v) is 15.0. The number of carboxylic acid groups (broad SMARTS) is 1. The number of hydrogen-bond donors (Lipinski definition) is 2. The molecule has 1 fully saturated rings. The van der Waals surface area contributed by atoms with Crippen LogP contribution in [0.4, 0.5) is 0 Å². The van der Waals surface area contributed by atoms with Crippen LogP contribution in [0.15, 0.2) is 42.5 Å². The van der Waals surface area contributed by atoms with E-state index >= 15 is 0 Å². The van der Waals surface area contributed by atoms with Gasteiger partial charge in [-0.25, -0.2) is 9.78 Å². The van der Waals surface area contributed by atoms with E-state index in [0.717, 1.165) is 30.4 Å². The predicted octanol–water partition coefficient (Wildman–Crippen LogP) is 4.93.